The Labute approximate surface area is 232 Å². The summed E-state index contributed by atoms with van der Waals surface area (Å²) in [5.74, 6) is -2.16. The first-order valence-corrected chi connectivity index (χ1v) is 12.6. The lowest BCUT2D eigenvalue weighted by atomic mass is 10.1. The molecule has 0 saturated heterocycles. The van der Waals surface area contributed by atoms with Gasteiger partial charge in [0, 0.05) is 17.2 Å². The number of carbonyl (C=O) groups excluding carboxylic acids is 3. The minimum absolute atomic E-state index is 0.284. The Morgan fingerprint density at radius 2 is 1.33 bits per heavy atom. The van der Waals surface area contributed by atoms with E-state index in [0.29, 0.717) is 29.9 Å². The van der Waals surface area contributed by atoms with Crippen molar-refractivity contribution in [3.8, 4) is 0 Å². The van der Waals surface area contributed by atoms with Gasteiger partial charge in [0.25, 0.3) is 0 Å². The summed E-state index contributed by atoms with van der Waals surface area (Å²) in [7, 11) is 1.33. The molecule has 0 aromatic heterocycles. The average molecular weight is 543 g/mol. The molecule has 1 N–H and O–H groups in total. The van der Waals surface area contributed by atoms with Crippen molar-refractivity contribution in [2.75, 3.05) is 20.3 Å². The number of hydrogen-bond acceptors (Lipinski definition) is 7. The predicted molar refractivity (Wildman–Crippen MR) is 154 cm³/mol. The second kappa shape index (κ2) is 24.2. The van der Waals surface area contributed by atoms with Crippen LogP contribution < -0.4 is 0 Å². The summed E-state index contributed by atoms with van der Waals surface area (Å²) >= 11 is 0. The first kappa shape index (κ1) is 37.0. The molecule has 0 atom stereocenters. The predicted octanol–water partition coefficient (Wildman–Crippen LogP) is 6.25. The van der Waals surface area contributed by atoms with E-state index in [-0.39, 0.29) is 11.9 Å². The lowest BCUT2D eigenvalue weighted by molar-refractivity contribution is -0.139. The number of carboxylic acids is 1. The van der Waals surface area contributed by atoms with Gasteiger partial charge in [-0.2, -0.15) is 0 Å². The van der Waals surface area contributed by atoms with Crippen LogP contribution in [-0.2, 0) is 33.4 Å². The van der Waals surface area contributed by atoms with Crippen molar-refractivity contribution in [2.45, 2.75) is 53.4 Å². The molecule has 0 aliphatic carbocycles. The molecule has 0 saturated carbocycles. The van der Waals surface area contributed by atoms with E-state index in [4.69, 9.17) is 14.6 Å². The summed E-state index contributed by atoms with van der Waals surface area (Å²) in [6.07, 6.45) is 10.8. The summed E-state index contributed by atoms with van der Waals surface area (Å²) in [6, 6.07) is 9.51. The van der Waals surface area contributed by atoms with Crippen LogP contribution >= 0.6 is 0 Å². The van der Waals surface area contributed by atoms with Crippen LogP contribution in [0.3, 0.4) is 0 Å². The van der Waals surface area contributed by atoms with E-state index in [1.54, 1.807) is 26.0 Å². The highest BCUT2D eigenvalue weighted by Gasteiger charge is 2.07. The quantitative estimate of drug-likeness (QED) is 0.102. The zero-order valence-electron chi connectivity index (χ0n) is 23.7. The number of rotatable bonds is 13. The third-order valence-corrected chi connectivity index (χ3v) is 4.35. The fourth-order valence-electron chi connectivity index (χ4n) is 2.18. The molecule has 8 heteroatoms. The third-order valence-electron chi connectivity index (χ3n) is 4.35. The number of carbonyl (C=O) groups is 4. The minimum Gasteiger partial charge on any atom is -0.478 e. The van der Waals surface area contributed by atoms with Crippen LogP contribution in [0.2, 0.25) is 0 Å². The van der Waals surface area contributed by atoms with E-state index >= 15 is 0 Å². The number of carboxylic acid groups (broad SMARTS) is 1. The van der Waals surface area contributed by atoms with Gasteiger partial charge in [0.05, 0.1) is 25.9 Å². The van der Waals surface area contributed by atoms with E-state index in [0.717, 1.165) is 37.3 Å². The van der Waals surface area contributed by atoms with Gasteiger partial charge < -0.3 is 19.3 Å². The number of ether oxygens (including phenoxy) is 3. The smallest absolute Gasteiger partial charge is 0.338 e. The summed E-state index contributed by atoms with van der Waals surface area (Å²) in [5, 5.41) is 8.60. The van der Waals surface area contributed by atoms with Gasteiger partial charge in [-0.25, -0.2) is 19.2 Å². The summed E-state index contributed by atoms with van der Waals surface area (Å²) < 4.78 is 14.2. The van der Waals surface area contributed by atoms with Crippen LogP contribution in [0, 0.1) is 0 Å². The molecule has 39 heavy (non-hydrogen) atoms. The Hall–Kier alpha value is -4.20. The number of aliphatic carboxylic acids is 1. The molecule has 0 aliphatic rings. The Morgan fingerprint density at radius 1 is 0.821 bits per heavy atom. The molecular formula is C31H42O8. The number of unbranched alkanes of at least 4 members (excludes halogenated alkanes) is 2. The van der Waals surface area contributed by atoms with Gasteiger partial charge >= 0.3 is 23.9 Å². The van der Waals surface area contributed by atoms with E-state index in [1.165, 1.54) is 19.3 Å². The molecule has 0 bridgehead atoms. The highest BCUT2D eigenvalue weighted by molar-refractivity contribution is 5.93. The molecule has 0 heterocycles. The van der Waals surface area contributed by atoms with Gasteiger partial charge in [-0.15, -0.1) is 0 Å². The van der Waals surface area contributed by atoms with E-state index in [1.807, 2.05) is 37.3 Å². The molecule has 1 rings (SSSR count). The molecule has 0 spiro atoms. The normalized spacial score (nSPS) is 10.4. The standard InChI is InChI=1S/C18H20O4.C8H14O2.C5H8O2/c1-2-3-14-22-18(21)16(10-7-11-17(19)20)13-12-15-8-5-4-6-9-15;1-4-5-6-10-8(9)7(2)3;1-4(2)5(6)7-3/h4-13H,2-3,14H2,1H3,(H,19,20);2,4-6H2,1,3H3;1H2,2-3H3. The monoisotopic (exact) mass is 542 g/mol. The molecular weight excluding hydrogens is 500 g/mol. The lowest BCUT2D eigenvalue weighted by Crippen LogP contribution is -2.07. The number of allylic oxidation sites excluding steroid dienone is 2. The second-order valence-corrected chi connectivity index (χ2v) is 8.09. The Balaban J connectivity index is 0. The van der Waals surface area contributed by atoms with Gasteiger partial charge in [0.15, 0.2) is 0 Å². The highest BCUT2D eigenvalue weighted by Crippen LogP contribution is 2.08. The lowest BCUT2D eigenvalue weighted by Gasteiger charge is -2.04. The molecule has 214 valence electrons. The molecule has 0 unspecified atom stereocenters. The molecule has 1 aromatic carbocycles. The van der Waals surface area contributed by atoms with Gasteiger partial charge in [-0.3, -0.25) is 0 Å². The van der Waals surface area contributed by atoms with Crippen LogP contribution in [0.1, 0.15) is 58.9 Å². The highest BCUT2D eigenvalue weighted by atomic mass is 16.5. The van der Waals surface area contributed by atoms with Gasteiger partial charge in [-0.1, -0.05) is 82.3 Å². The third kappa shape index (κ3) is 22.7. The van der Waals surface area contributed by atoms with Gasteiger partial charge in [0.2, 0.25) is 0 Å². The van der Waals surface area contributed by atoms with Crippen molar-refractivity contribution < 1.29 is 38.5 Å². The van der Waals surface area contributed by atoms with Crippen LogP contribution in [0.4, 0.5) is 0 Å². The first-order chi connectivity index (χ1) is 18.5. The minimum atomic E-state index is -1.07. The van der Waals surface area contributed by atoms with Crippen LogP contribution in [0.5, 0.6) is 0 Å². The van der Waals surface area contributed by atoms with E-state index in [9.17, 15) is 19.2 Å². The molecule has 1 aromatic rings. The zero-order valence-corrected chi connectivity index (χ0v) is 23.7. The van der Waals surface area contributed by atoms with Crippen LogP contribution in [-0.4, -0.2) is 49.3 Å². The maximum Gasteiger partial charge on any atom is 0.338 e. The largest absolute Gasteiger partial charge is 0.478 e. The second-order valence-electron chi connectivity index (χ2n) is 8.09. The van der Waals surface area contributed by atoms with Gasteiger partial charge in [0.1, 0.15) is 0 Å². The van der Waals surface area contributed by atoms with Crippen molar-refractivity contribution in [1.82, 2.24) is 0 Å². The Bertz CT molecular complexity index is 1000. The van der Waals surface area contributed by atoms with E-state index in [2.05, 4.69) is 24.8 Å². The Kier molecular flexibility index (Phi) is 22.9. The number of esters is 3. The maximum absolute atomic E-state index is 12.0. The maximum atomic E-state index is 12.0. The number of methoxy groups -OCH3 is 1. The zero-order chi connectivity index (χ0) is 30.1. The fraction of sp³-hybridized carbons (Fsp3) is 0.355. The Morgan fingerprint density at radius 3 is 1.74 bits per heavy atom. The van der Waals surface area contributed by atoms with Crippen LogP contribution in [0.25, 0.3) is 6.08 Å². The number of hydrogen-bond donors (Lipinski definition) is 1. The summed E-state index contributed by atoms with van der Waals surface area (Å²) in [6.45, 7) is 15.0. The van der Waals surface area contributed by atoms with Crippen molar-refractivity contribution in [2.24, 2.45) is 0 Å². The molecule has 8 nitrogen and oxygen atoms in total. The van der Waals surface area contributed by atoms with Crippen molar-refractivity contribution in [3.63, 3.8) is 0 Å². The van der Waals surface area contributed by atoms with Crippen molar-refractivity contribution in [3.05, 3.63) is 90.1 Å². The van der Waals surface area contributed by atoms with Crippen LogP contribution in [0.15, 0.2) is 84.5 Å². The topological polar surface area (TPSA) is 116 Å². The summed E-state index contributed by atoms with van der Waals surface area (Å²) in [4.78, 5) is 43.4. The summed E-state index contributed by atoms with van der Waals surface area (Å²) in [5.41, 5.74) is 2.15. The van der Waals surface area contributed by atoms with Crippen molar-refractivity contribution >= 4 is 30.0 Å². The van der Waals surface area contributed by atoms with Crippen molar-refractivity contribution in [1.29, 1.82) is 0 Å². The number of benzene rings is 1. The fourth-order valence-corrected chi connectivity index (χ4v) is 2.18. The molecule has 0 amide bonds. The SMILES string of the molecule is C=C(C)C(=O)OC.C=C(C)C(=O)OCCCC.CCCCOC(=O)C(C=Cc1ccccc1)=CC=CC(=O)O. The van der Waals surface area contributed by atoms with E-state index < -0.39 is 11.9 Å². The first-order valence-electron chi connectivity index (χ1n) is 12.6. The molecule has 0 radical (unpaired) electrons. The molecule has 0 aliphatic heterocycles. The average Bonchev–Trinajstić information content (AvgIpc) is 2.91. The van der Waals surface area contributed by atoms with Gasteiger partial charge in [-0.05, 0) is 44.4 Å². The molecule has 0 fully saturated rings.